The molecule has 5 nitrogen and oxygen atoms in total. The Bertz CT molecular complexity index is 612. The molecule has 0 bridgehead atoms. The lowest BCUT2D eigenvalue weighted by atomic mass is 10.0. The molecule has 0 radical (unpaired) electrons. The van der Waals surface area contributed by atoms with Gasteiger partial charge in [-0.2, -0.15) is 0 Å². The number of likely N-dealkylation sites (N-methyl/N-ethyl adjacent to an activating group) is 1. The Hall–Kier alpha value is -1.59. The van der Waals surface area contributed by atoms with E-state index in [9.17, 15) is 9.90 Å². The van der Waals surface area contributed by atoms with Gasteiger partial charge in [-0.3, -0.25) is 4.90 Å². The molecule has 0 fully saturated rings. The van der Waals surface area contributed by atoms with Gasteiger partial charge in [-0.05, 0) is 45.0 Å². The number of aliphatic hydroxyl groups is 1. The number of nitrogens with one attached hydrogen (secondary N) is 2. The van der Waals surface area contributed by atoms with Gasteiger partial charge in [0.2, 0.25) is 0 Å². The minimum atomic E-state index is -0.216. The Labute approximate surface area is 112 Å². The number of hydrogen-bond acceptors (Lipinski definition) is 3. The highest BCUT2D eigenvalue weighted by Gasteiger charge is 2.21. The van der Waals surface area contributed by atoms with E-state index in [2.05, 4.69) is 14.9 Å². The third-order valence-electron chi connectivity index (χ3n) is 3.74. The lowest BCUT2D eigenvalue weighted by Crippen LogP contribution is -2.45. The summed E-state index contributed by atoms with van der Waals surface area (Å²) < 4.78 is 0. The van der Waals surface area contributed by atoms with Gasteiger partial charge in [0.15, 0.2) is 0 Å². The van der Waals surface area contributed by atoms with Gasteiger partial charge >= 0.3 is 5.69 Å². The van der Waals surface area contributed by atoms with E-state index >= 15 is 0 Å². The van der Waals surface area contributed by atoms with Gasteiger partial charge in [-0.25, -0.2) is 4.79 Å². The van der Waals surface area contributed by atoms with Crippen molar-refractivity contribution >= 4 is 11.0 Å². The van der Waals surface area contributed by atoms with Crippen LogP contribution in [0.2, 0.25) is 0 Å². The molecule has 0 atom stereocenters. The smallest absolute Gasteiger partial charge is 0.323 e. The van der Waals surface area contributed by atoms with Gasteiger partial charge in [-0.15, -0.1) is 0 Å². The van der Waals surface area contributed by atoms with E-state index < -0.39 is 0 Å². The van der Waals surface area contributed by atoms with Gasteiger partial charge in [0.1, 0.15) is 0 Å². The first-order chi connectivity index (χ1) is 8.92. The van der Waals surface area contributed by atoms with Crippen molar-refractivity contribution in [3.8, 4) is 0 Å². The summed E-state index contributed by atoms with van der Waals surface area (Å²) in [6.45, 7) is 5.01. The second-order valence-electron chi connectivity index (χ2n) is 5.60. The normalized spacial score (nSPS) is 12.5. The van der Waals surface area contributed by atoms with Crippen molar-refractivity contribution < 1.29 is 5.11 Å². The second kappa shape index (κ2) is 5.19. The highest BCUT2D eigenvalue weighted by atomic mass is 16.3. The van der Waals surface area contributed by atoms with Crippen molar-refractivity contribution in [3.05, 3.63) is 34.2 Å². The number of fused-ring (bicyclic) bond motifs is 1. The molecule has 1 heterocycles. The van der Waals surface area contributed by atoms with E-state index in [1.54, 1.807) is 0 Å². The predicted molar refractivity (Wildman–Crippen MR) is 76.4 cm³/mol. The van der Waals surface area contributed by atoms with Gasteiger partial charge in [0.25, 0.3) is 0 Å². The van der Waals surface area contributed by atoms with E-state index in [1.807, 2.05) is 39.1 Å². The number of hydrogen-bond donors (Lipinski definition) is 3. The number of nitrogens with zero attached hydrogens (tertiary/aromatic N) is 1. The van der Waals surface area contributed by atoms with Gasteiger partial charge in [0.05, 0.1) is 17.6 Å². The van der Waals surface area contributed by atoms with Crippen LogP contribution in [-0.2, 0) is 6.42 Å². The standard InChI is InChI=1S/C14H21N3O2/c1-14(2,9-18)17(3)7-6-10-4-5-11-12(8-10)16-13(19)15-11/h4-5,8,18H,6-7,9H2,1-3H3,(H2,15,16,19). The van der Waals surface area contributed by atoms with Crippen LogP contribution in [-0.4, -0.2) is 45.7 Å². The number of aromatic amines is 2. The Morgan fingerprint density at radius 3 is 2.63 bits per heavy atom. The van der Waals surface area contributed by atoms with Crippen molar-refractivity contribution in [1.29, 1.82) is 0 Å². The number of imidazole rings is 1. The van der Waals surface area contributed by atoms with Crippen molar-refractivity contribution in [3.63, 3.8) is 0 Å². The largest absolute Gasteiger partial charge is 0.394 e. The first-order valence-corrected chi connectivity index (χ1v) is 6.45. The molecule has 3 N–H and O–H groups in total. The first kappa shape index (κ1) is 13.8. The Balaban J connectivity index is 2.07. The van der Waals surface area contributed by atoms with E-state index in [0.29, 0.717) is 0 Å². The SMILES string of the molecule is CN(CCc1ccc2[nH]c(=O)[nH]c2c1)C(C)(C)CO. The molecule has 104 valence electrons. The topological polar surface area (TPSA) is 72.1 Å². The zero-order chi connectivity index (χ0) is 14.0. The van der Waals surface area contributed by atoms with Gasteiger partial charge in [-0.1, -0.05) is 6.07 Å². The second-order valence-corrected chi connectivity index (χ2v) is 5.60. The fourth-order valence-electron chi connectivity index (χ4n) is 1.96. The molecule has 2 rings (SSSR count). The number of aromatic nitrogens is 2. The zero-order valence-corrected chi connectivity index (χ0v) is 11.7. The van der Waals surface area contributed by atoms with Crippen LogP contribution < -0.4 is 5.69 Å². The molecule has 0 spiro atoms. The minimum absolute atomic E-state index is 0.133. The van der Waals surface area contributed by atoms with E-state index in [-0.39, 0.29) is 17.8 Å². The lowest BCUT2D eigenvalue weighted by Gasteiger charge is -2.33. The van der Waals surface area contributed by atoms with Crippen molar-refractivity contribution in [2.75, 3.05) is 20.2 Å². The van der Waals surface area contributed by atoms with Crippen LogP contribution in [0.1, 0.15) is 19.4 Å². The van der Waals surface area contributed by atoms with Crippen LogP contribution in [0.3, 0.4) is 0 Å². The molecule has 0 aliphatic rings. The van der Waals surface area contributed by atoms with Crippen molar-refractivity contribution in [2.24, 2.45) is 0 Å². The van der Waals surface area contributed by atoms with Crippen LogP contribution in [0, 0.1) is 0 Å². The molecule has 0 saturated carbocycles. The fourth-order valence-corrected chi connectivity index (χ4v) is 1.96. The lowest BCUT2D eigenvalue weighted by molar-refractivity contribution is 0.0801. The molecular formula is C14H21N3O2. The third-order valence-corrected chi connectivity index (χ3v) is 3.74. The summed E-state index contributed by atoms with van der Waals surface area (Å²) in [5.74, 6) is 0. The number of rotatable bonds is 5. The number of aliphatic hydroxyl groups excluding tert-OH is 1. The molecule has 1 aromatic heterocycles. The quantitative estimate of drug-likeness (QED) is 0.756. The molecule has 0 aliphatic heterocycles. The maximum absolute atomic E-state index is 11.2. The molecule has 19 heavy (non-hydrogen) atoms. The summed E-state index contributed by atoms with van der Waals surface area (Å²) >= 11 is 0. The summed E-state index contributed by atoms with van der Waals surface area (Å²) in [7, 11) is 2.01. The maximum Gasteiger partial charge on any atom is 0.323 e. The molecule has 0 aliphatic carbocycles. The van der Waals surface area contributed by atoms with Gasteiger partial charge in [0, 0.05) is 12.1 Å². The summed E-state index contributed by atoms with van der Waals surface area (Å²) in [4.78, 5) is 18.8. The monoisotopic (exact) mass is 263 g/mol. The van der Waals surface area contributed by atoms with Crippen LogP contribution in [0.4, 0.5) is 0 Å². The average molecular weight is 263 g/mol. The van der Waals surface area contributed by atoms with E-state index in [4.69, 9.17) is 0 Å². The van der Waals surface area contributed by atoms with E-state index in [1.165, 1.54) is 5.56 Å². The summed E-state index contributed by atoms with van der Waals surface area (Å²) in [5.41, 5.74) is 2.45. The van der Waals surface area contributed by atoms with Crippen molar-refractivity contribution in [1.82, 2.24) is 14.9 Å². The molecule has 0 amide bonds. The van der Waals surface area contributed by atoms with E-state index in [0.717, 1.165) is 24.0 Å². The predicted octanol–water partition coefficient (Wildman–Crippen LogP) is 1.10. The number of benzene rings is 1. The molecule has 0 unspecified atom stereocenters. The highest BCUT2D eigenvalue weighted by Crippen LogP contribution is 2.14. The third kappa shape index (κ3) is 3.05. The average Bonchev–Trinajstić information content (AvgIpc) is 2.74. The summed E-state index contributed by atoms with van der Waals surface area (Å²) in [5, 5.41) is 9.32. The number of H-pyrrole nitrogens is 2. The van der Waals surface area contributed by atoms with Crippen LogP contribution >= 0.6 is 0 Å². The highest BCUT2D eigenvalue weighted by molar-refractivity contribution is 5.74. The maximum atomic E-state index is 11.2. The summed E-state index contributed by atoms with van der Waals surface area (Å²) in [6.07, 6.45) is 0.878. The molecular weight excluding hydrogens is 242 g/mol. The Morgan fingerprint density at radius 1 is 1.26 bits per heavy atom. The minimum Gasteiger partial charge on any atom is -0.394 e. The molecule has 1 aromatic carbocycles. The fraction of sp³-hybridized carbons (Fsp3) is 0.500. The molecule has 2 aromatic rings. The Kier molecular flexibility index (Phi) is 3.78. The van der Waals surface area contributed by atoms with Crippen LogP contribution in [0.5, 0.6) is 0 Å². The zero-order valence-electron chi connectivity index (χ0n) is 11.7. The van der Waals surface area contributed by atoms with Crippen molar-refractivity contribution in [2.45, 2.75) is 25.8 Å². The summed E-state index contributed by atoms with van der Waals surface area (Å²) in [6, 6.07) is 5.93. The molecule has 5 heteroatoms. The molecule has 0 saturated heterocycles. The van der Waals surface area contributed by atoms with Gasteiger partial charge < -0.3 is 15.1 Å². The first-order valence-electron chi connectivity index (χ1n) is 6.45. The van der Waals surface area contributed by atoms with Crippen LogP contribution in [0.25, 0.3) is 11.0 Å². The van der Waals surface area contributed by atoms with Crippen LogP contribution in [0.15, 0.2) is 23.0 Å². The Morgan fingerprint density at radius 2 is 1.95 bits per heavy atom.